The van der Waals surface area contributed by atoms with Crippen molar-refractivity contribution in [2.24, 2.45) is 5.73 Å². The van der Waals surface area contributed by atoms with Gasteiger partial charge in [0, 0.05) is 25.5 Å². The van der Waals surface area contributed by atoms with Crippen LogP contribution in [0.3, 0.4) is 0 Å². The molecule has 1 aliphatic carbocycles. The number of carbonyl (C=O) groups is 2. The Labute approximate surface area is 214 Å². The Morgan fingerprint density at radius 2 is 2.05 bits per heavy atom. The second kappa shape index (κ2) is 10.3. The number of primary amides is 1. The molecule has 1 saturated carbocycles. The molecule has 1 aromatic carbocycles. The summed E-state index contributed by atoms with van der Waals surface area (Å²) in [4.78, 5) is 34.8. The number of nitrogens with zero attached hydrogens (tertiary/aromatic N) is 5. The molecule has 0 bridgehead atoms. The van der Waals surface area contributed by atoms with Gasteiger partial charge in [-0.2, -0.15) is 10.1 Å². The number of nitrogens with two attached hydrogens (primary N) is 1. The van der Waals surface area contributed by atoms with Crippen molar-refractivity contribution < 1.29 is 14.3 Å². The summed E-state index contributed by atoms with van der Waals surface area (Å²) in [6, 6.07) is 5.93. The number of hydrogen-bond acceptors (Lipinski definition) is 8. The van der Waals surface area contributed by atoms with Crippen LogP contribution < -0.4 is 21.1 Å². The van der Waals surface area contributed by atoms with E-state index in [-0.39, 0.29) is 29.3 Å². The minimum absolute atomic E-state index is 0.0648. The number of anilines is 4. The minimum Gasteiger partial charge on any atom is -0.495 e. The second-order valence-corrected chi connectivity index (χ2v) is 9.26. The van der Waals surface area contributed by atoms with Crippen molar-refractivity contribution in [1.82, 2.24) is 24.6 Å². The number of benzene rings is 1. The molecular formula is C26H30N8O3. The van der Waals surface area contributed by atoms with E-state index < -0.39 is 5.91 Å². The third kappa shape index (κ3) is 5.25. The van der Waals surface area contributed by atoms with Gasteiger partial charge in [0.15, 0.2) is 0 Å². The van der Waals surface area contributed by atoms with E-state index in [4.69, 9.17) is 10.5 Å². The number of aromatic nitrogens is 4. The normalized spacial score (nSPS) is 17.2. The number of likely N-dealkylation sites (tertiary alicyclic amines) is 1. The van der Waals surface area contributed by atoms with Crippen LogP contribution in [0.15, 0.2) is 49.4 Å². The monoisotopic (exact) mass is 502 g/mol. The van der Waals surface area contributed by atoms with Gasteiger partial charge < -0.3 is 26.0 Å². The minimum atomic E-state index is -0.638. The summed E-state index contributed by atoms with van der Waals surface area (Å²) in [5, 5.41) is 10.9. The van der Waals surface area contributed by atoms with Gasteiger partial charge in [0.25, 0.3) is 5.91 Å². The van der Waals surface area contributed by atoms with Gasteiger partial charge in [0.1, 0.15) is 17.1 Å². The zero-order valence-electron chi connectivity index (χ0n) is 20.7. The number of ether oxygens (including phenoxy) is 1. The van der Waals surface area contributed by atoms with Crippen molar-refractivity contribution in [1.29, 1.82) is 0 Å². The van der Waals surface area contributed by atoms with E-state index in [9.17, 15) is 9.59 Å². The smallest absolute Gasteiger partial charge is 0.254 e. The first-order chi connectivity index (χ1) is 18.0. The van der Waals surface area contributed by atoms with E-state index in [0.29, 0.717) is 23.9 Å². The van der Waals surface area contributed by atoms with E-state index in [1.807, 2.05) is 23.0 Å². The molecule has 3 heterocycles. The van der Waals surface area contributed by atoms with Gasteiger partial charge in [-0.1, -0.05) is 18.7 Å². The lowest BCUT2D eigenvalue weighted by Gasteiger charge is -2.32. The van der Waals surface area contributed by atoms with Crippen LogP contribution in [-0.4, -0.2) is 56.7 Å². The van der Waals surface area contributed by atoms with Crippen molar-refractivity contribution in [3.05, 3.63) is 60.6 Å². The summed E-state index contributed by atoms with van der Waals surface area (Å²) < 4.78 is 7.42. The fourth-order valence-electron chi connectivity index (χ4n) is 4.65. The molecule has 0 unspecified atom stereocenters. The van der Waals surface area contributed by atoms with Crippen LogP contribution in [-0.2, 0) is 4.79 Å². The number of methoxy groups -OCH3 is 1. The van der Waals surface area contributed by atoms with Crippen LogP contribution in [0.4, 0.5) is 23.1 Å². The van der Waals surface area contributed by atoms with Crippen molar-refractivity contribution in [3.63, 3.8) is 0 Å². The average Bonchev–Trinajstić information content (AvgIpc) is 3.66. The first kappa shape index (κ1) is 24.3. The lowest BCUT2D eigenvalue weighted by molar-refractivity contribution is -0.127. The summed E-state index contributed by atoms with van der Waals surface area (Å²) in [6.07, 6.45) is 10.3. The average molecular weight is 503 g/mol. The van der Waals surface area contributed by atoms with Crippen LogP contribution in [0.25, 0.3) is 0 Å². The highest BCUT2D eigenvalue weighted by Gasteiger charge is 2.28. The molecule has 2 amide bonds. The van der Waals surface area contributed by atoms with Crippen molar-refractivity contribution >= 4 is 35.0 Å². The highest BCUT2D eigenvalue weighted by atomic mass is 16.5. The number of para-hydroxylation sites is 1. The molecule has 1 aliphatic heterocycles. The molecule has 5 rings (SSSR count). The van der Waals surface area contributed by atoms with E-state index >= 15 is 0 Å². The summed E-state index contributed by atoms with van der Waals surface area (Å²) in [6.45, 7) is 4.88. The summed E-state index contributed by atoms with van der Waals surface area (Å²) >= 11 is 0. The highest BCUT2D eigenvalue weighted by molar-refractivity contribution is 5.98. The third-order valence-electron chi connectivity index (χ3n) is 6.71. The molecule has 2 aromatic heterocycles. The van der Waals surface area contributed by atoms with Crippen molar-refractivity contribution in [3.8, 4) is 5.75 Å². The summed E-state index contributed by atoms with van der Waals surface area (Å²) in [5.74, 6) is 0.957. The van der Waals surface area contributed by atoms with Crippen molar-refractivity contribution in [2.75, 3.05) is 30.8 Å². The molecule has 2 fully saturated rings. The maximum absolute atomic E-state index is 12.1. The summed E-state index contributed by atoms with van der Waals surface area (Å²) in [5.41, 5.74) is 8.35. The Morgan fingerprint density at radius 3 is 2.78 bits per heavy atom. The topological polar surface area (TPSA) is 140 Å². The second-order valence-electron chi connectivity index (χ2n) is 9.26. The molecule has 1 saturated heterocycles. The Kier molecular flexibility index (Phi) is 6.76. The van der Waals surface area contributed by atoms with Crippen molar-refractivity contribution in [2.45, 2.75) is 37.6 Å². The van der Waals surface area contributed by atoms with Gasteiger partial charge in [-0.25, -0.2) is 4.98 Å². The molecule has 11 heteroatoms. The molecule has 192 valence electrons. The molecule has 0 spiro atoms. The molecule has 3 aromatic rings. The maximum Gasteiger partial charge on any atom is 0.254 e. The fraction of sp³-hybridized carbons (Fsp3) is 0.346. The van der Waals surface area contributed by atoms with E-state index in [2.05, 4.69) is 38.3 Å². The summed E-state index contributed by atoms with van der Waals surface area (Å²) in [7, 11) is 1.61. The number of carbonyl (C=O) groups excluding carboxylic acids is 2. The van der Waals surface area contributed by atoms with Crippen LogP contribution in [0.2, 0.25) is 0 Å². The molecule has 37 heavy (non-hydrogen) atoms. The molecule has 4 N–H and O–H groups in total. The Bertz CT molecular complexity index is 1330. The van der Waals surface area contributed by atoms with Gasteiger partial charge in [-0.15, -0.1) is 0 Å². The molecule has 2 aliphatic rings. The number of amides is 2. The van der Waals surface area contributed by atoms with Gasteiger partial charge in [-0.05, 0) is 49.3 Å². The molecule has 11 nitrogen and oxygen atoms in total. The fourth-order valence-corrected chi connectivity index (χ4v) is 4.65. The maximum atomic E-state index is 12.1. The largest absolute Gasteiger partial charge is 0.495 e. The number of hydrogen-bond donors (Lipinski definition) is 3. The predicted octanol–water partition coefficient (Wildman–Crippen LogP) is 3.49. The quantitative estimate of drug-likeness (QED) is 0.378. The molecule has 0 radical (unpaired) electrons. The SMILES string of the molecule is C=CC(=O)N1CCC[C@@H](n2cc(Nc3ncc(C(N)=O)c(Nc4c(OC)cccc4C4CC4)n3)cn2)C1. The third-order valence-corrected chi connectivity index (χ3v) is 6.71. The van der Waals surface area contributed by atoms with Crippen LogP contribution >= 0.6 is 0 Å². The lowest BCUT2D eigenvalue weighted by Crippen LogP contribution is -2.39. The van der Waals surface area contributed by atoms with E-state index in [1.54, 1.807) is 18.2 Å². The van der Waals surface area contributed by atoms with E-state index in [0.717, 1.165) is 43.5 Å². The predicted molar refractivity (Wildman–Crippen MR) is 139 cm³/mol. The first-order valence-corrected chi connectivity index (χ1v) is 12.3. The standard InChI is InChI=1S/C26H30N8O3/c1-3-22(35)33-11-5-6-18(15-33)34-14-17(12-29-34)30-26-28-13-20(24(27)36)25(32-26)31-23-19(16-9-10-16)7-4-8-21(23)37-2/h3-4,7-8,12-14,16,18H,1,5-6,9-11,15H2,2H3,(H2,27,36)(H2,28,30,31,32)/t18-/m1/s1. The Balaban J connectivity index is 1.38. The number of nitrogens with one attached hydrogen (secondary N) is 2. The van der Waals surface area contributed by atoms with Crippen LogP contribution in [0.1, 0.15) is 53.6 Å². The van der Waals surface area contributed by atoms with Crippen LogP contribution in [0.5, 0.6) is 5.75 Å². The zero-order valence-corrected chi connectivity index (χ0v) is 20.7. The molecule has 1 atom stereocenters. The highest BCUT2D eigenvalue weighted by Crippen LogP contribution is 2.47. The van der Waals surface area contributed by atoms with Gasteiger partial charge in [0.05, 0.1) is 30.7 Å². The van der Waals surface area contributed by atoms with Gasteiger partial charge in [-0.3, -0.25) is 14.3 Å². The zero-order chi connectivity index (χ0) is 25.9. The Hall–Kier alpha value is -4.41. The van der Waals surface area contributed by atoms with Crippen LogP contribution in [0, 0.1) is 0 Å². The molecular weight excluding hydrogens is 472 g/mol. The number of rotatable bonds is 9. The lowest BCUT2D eigenvalue weighted by atomic mass is 10.1. The van der Waals surface area contributed by atoms with Gasteiger partial charge >= 0.3 is 0 Å². The van der Waals surface area contributed by atoms with Gasteiger partial charge in [0.2, 0.25) is 11.9 Å². The first-order valence-electron chi connectivity index (χ1n) is 12.3. The Morgan fingerprint density at radius 1 is 1.22 bits per heavy atom. The number of piperidine rings is 1. The van der Waals surface area contributed by atoms with E-state index in [1.165, 1.54) is 12.3 Å².